The number of hydrogen-bond acceptors (Lipinski definition) is 1. The second-order valence-corrected chi connectivity index (χ2v) is 7.49. The van der Waals surface area contributed by atoms with Crippen molar-refractivity contribution in [1.29, 1.82) is 0 Å². The molecule has 126 valence electrons. The van der Waals surface area contributed by atoms with Crippen LogP contribution in [0.1, 0.15) is 77.0 Å². The highest BCUT2D eigenvalue weighted by Crippen LogP contribution is 2.41. The predicted octanol–water partition coefficient (Wildman–Crippen LogP) is 6.30. The fraction of sp³-hybridized carbons (Fsp3) is 0.810. The molecule has 2 fully saturated rings. The molecule has 0 aliphatic heterocycles. The first-order valence-electron chi connectivity index (χ1n) is 9.66. The van der Waals surface area contributed by atoms with Crippen molar-refractivity contribution in [1.82, 2.24) is 0 Å². The molecule has 0 amide bonds. The van der Waals surface area contributed by atoms with Crippen molar-refractivity contribution in [3.63, 3.8) is 0 Å². The van der Waals surface area contributed by atoms with Gasteiger partial charge < -0.3 is 4.74 Å². The van der Waals surface area contributed by atoms with Gasteiger partial charge in [0.15, 0.2) is 0 Å². The van der Waals surface area contributed by atoms with E-state index in [9.17, 15) is 0 Å². The molecule has 1 nitrogen and oxygen atoms in total. The van der Waals surface area contributed by atoms with E-state index in [2.05, 4.69) is 19.2 Å². The van der Waals surface area contributed by atoms with Gasteiger partial charge in [-0.25, -0.2) is 0 Å². The predicted molar refractivity (Wildman–Crippen MR) is 96.0 cm³/mol. The monoisotopic (exact) mass is 304 g/mol. The molecular weight excluding hydrogens is 268 g/mol. The molecule has 0 saturated heterocycles. The molecule has 0 atom stereocenters. The van der Waals surface area contributed by atoms with Crippen LogP contribution < -0.4 is 0 Å². The maximum absolute atomic E-state index is 5.95. The maximum atomic E-state index is 5.95. The third-order valence-electron chi connectivity index (χ3n) is 5.97. The molecule has 0 N–H and O–H groups in total. The maximum Gasteiger partial charge on any atom is 0.0575 e. The van der Waals surface area contributed by atoms with Gasteiger partial charge in [0.05, 0.1) is 12.7 Å². The van der Waals surface area contributed by atoms with Crippen molar-refractivity contribution >= 4 is 0 Å². The average molecular weight is 305 g/mol. The van der Waals surface area contributed by atoms with E-state index in [0.717, 1.165) is 30.8 Å². The Morgan fingerprint density at radius 2 is 1.36 bits per heavy atom. The van der Waals surface area contributed by atoms with Crippen molar-refractivity contribution in [2.75, 3.05) is 6.61 Å². The Morgan fingerprint density at radius 1 is 0.773 bits per heavy atom. The van der Waals surface area contributed by atoms with Crippen molar-refractivity contribution in [2.24, 2.45) is 17.8 Å². The second kappa shape index (κ2) is 10.3. The summed E-state index contributed by atoms with van der Waals surface area (Å²) in [5, 5.41) is 0. The number of ether oxygens (including phenoxy) is 1. The molecule has 0 unspecified atom stereocenters. The zero-order valence-electron chi connectivity index (χ0n) is 14.5. The zero-order valence-corrected chi connectivity index (χ0v) is 14.5. The lowest BCUT2D eigenvalue weighted by Gasteiger charge is -2.37. The topological polar surface area (TPSA) is 9.23 Å². The van der Waals surface area contributed by atoms with E-state index in [1.165, 1.54) is 70.6 Å². The first kappa shape index (κ1) is 17.8. The molecule has 2 rings (SSSR count). The minimum absolute atomic E-state index is 0.534. The number of unbranched alkanes of at least 4 members (excludes halogenated alkanes) is 1. The molecule has 1 heteroatoms. The summed E-state index contributed by atoms with van der Waals surface area (Å²) >= 11 is 0. The average Bonchev–Trinajstić information content (AvgIpc) is 2.57. The lowest BCUT2D eigenvalue weighted by molar-refractivity contribution is 0.00912. The van der Waals surface area contributed by atoms with E-state index in [-0.39, 0.29) is 0 Å². The fourth-order valence-electron chi connectivity index (χ4n) is 4.54. The lowest BCUT2D eigenvalue weighted by atomic mass is 9.70. The molecule has 2 aliphatic carbocycles. The summed E-state index contributed by atoms with van der Waals surface area (Å²) in [6, 6.07) is 0. The van der Waals surface area contributed by atoms with Crippen LogP contribution in [0.4, 0.5) is 0 Å². The Morgan fingerprint density at radius 3 is 1.95 bits per heavy atom. The van der Waals surface area contributed by atoms with Gasteiger partial charge in [0.2, 0.25) is 0 Å². The minimum Gasteiger partial charge on any atom is -0.378 e. The van der Waals surface area contributed by atoms with E-state index in [0.29, 0.717) is 6.10 Å². The fourth-order valence-corrected chi connectivity index (χ4v) is 4.54. The molecule has 0 aromatic rings. The van der Waals surface area contributed by atoms with Crippen molar-refractivity contribution < 1.29 is 4.74 Å². The van der Waals surface area contributed by atoms with E-state index >= 15 is 0 Å². The highest BCUT2D eigenvalue weighted by atomic mass is 16.5. The van der Waals surface area contributed by atoms with E-state index in [1.807, 2.05) is 6.08 Å². The van der Waals surface area contributed by atoms with Gasteiger partial charge >= 0.3 is 0 Å². The van der Waals surface area contributed by atoms with Gasteiger partial charge in [-0.15, -0.1) is 13.2 Å². The summed E-state index contributed by atoms with van der Waals surface area (Å²) in [6.45, 7) is 8.46. The third kappa shape index (κ3) is 5.91. The van der Waals surface area contributed by atoms with Crippen LogP contribution in [0.15, 0.2) is 25.3 Å². The summed E-state index contributed by atoms with van der Waals surface area (Å²) in [5.74, 6) is 3.02. The summed E-state index contributed by atoms with van der Waals surface area (Å²) in [7, 11) is 0. The van der Waals surface area contributed by atoms with Crippen molar-refractivity contribution in [3.05, 3.63) is 25.3 Å². The molecule has 0 aromatic carbocycles. The smallest absolute Gasteiger partial charge is 0.0575 e. The van der Waals surface area contributed by atoms with Gasteiger partial charge in [0.1, 0.15) is 0 Å². The minimum atomic E-state index is 0.534. The van der Waals surface area contributed by atoms with Gasteiger partial charge in [-0.1, -0.05) is 31.4 Å². The van der Waals surface area contributed by atoms with Gasteiger partial charge in [-0.05, 0) is 75.5 Å². The van der Waals surface area contributed by atoms with E-state index in [4.69, 9.17) is 4.74 Å². The van der Waals surface area contributed by atoms with Crippen LogP contribution in [0, 0.1) is 17.8 Å². The lowest BCUT2D eigenvalue weighted by Crippen LogP contribution is -2.28. The van der Waals surface area contributed by atoms with Crippen LogP contribution in [0.3, 0.4) is 0 Å². The SMILES string of the molecule is C=CCCCC1CCC(C2CCC(OCCC=C)CC2)CC1. The molecule has 2 aliphatic rings. The van der Waals surface area contributed by atoms with Crippen molar-refractivity contribution in [3.8, 4) is 0 Å². The van der Waals surface area contributed by atoms with Crippen LogP contribution >= 0.6 is 0 Å². The van der Waals surface area contributed by atoms with Crippen LogP contribution in [-0.2, 0) is 4.74 Å². The number of rotatable bonds is 9. The summed E-state index contributed by atoms with van der Waals surface area (Å²) in [4.78, 5) is 0. The highest BCUT2D eigenvalue weighted by molar-refractivity contribution is 4.83. The zero-order chi connectivity index (χ0) is 15.6. The molecule has 2 saturated carbocycles. The largest absolute Gasteiger partial charge is 0.378 e. The Bertz CT molecular complexity index is 274. The highest BCUT2D eigenvalue weighted by Gasteiger charge is 2.30. The molecule has 22 heavy (non-hydrogen) atoms. The number of allylic oxidation sites excluding steroid dienone is 1. The number of hydrogen-bond donors (Lipinski definition) is 0. The second-order valence-electron chi connectivity index (χ2n) is 7.49. The van der Waals surface area contributed by atoms with Crippen LogP contribution in [0.2, 0.25) is 0 Å². The first-order valence-corrected chi connectivity index (χ1v) is 9.66. The molecule has 0 heterocycles. The van der Waals surface area contributed by atoms with Gasteiger partial charge in [0, 0.05) is 0 Å². The Labute approximate surface area is 138 Å². The molecule has 0 radical (unpaired) electrons. The Hall–Kier alpha value is -0.560. The van der Waals surface area contributed by atoms with Crippen LogP contribution in [-0.4, -0.2) is 12.7 Å². The van der Waals surface area contributed by atoms with Gasteiger partial charge in [-0.2, -0.15) is 0 Å². The van der Waals surface area contributed by atoms with Crippen LogP contribution in [0.25, 0.3) is 0 Å². The molecule has 0 spiro atoms. The standard InChI is InChI=1S/C21H36O/c1-3-5-7-8-18-9-11-19(12-10-18)20-13-15-21(16-14-20)22-17-6-4-2/h3-4,18-21H,1-2,5-17H2. The van der Waals surface area contributed by atoms with E-state index < -0.39 is 0 Å². The summed E-state index contributed by atoms with van der Waals surface area (Å²) in [6.07, 6.45) is 20.9. The molecule has 0 aromatic heterocycles. The Kier molecular flexibility index (Phi) is 8.30. The third-order valence-corrected chi connectivity index (χ3v) is 5.97. The van der Waals surface area contributed by atoms with Crippen LogP contribution in [0.5, 0.6) is 0 Å². The summed E-state index contributed by atoms with van der Waals surface area (Å²) < 4.78 is 5.95. The Balaban J connectivity index is 1.60. The molecular formula is C21H36O. The normalized spacial score (nSPS) is 32.5. The van der Waals surface area contributed by atoms with Gasteiger partial charge in [0.25, 0.3) is 0 Å². The first-order chi connectivity index (χ1) is 10.8. The van der Waals surface area contributed by atoms with E-state index in [1.54, 1.807) is 0 Å². The van der Waals surface area contributed by atoms with Crippen molar-refractivity contribution in [2.45, 2.75) is 83.2 Å². The quantitative estimate of drug-likeness (QED) is 0.359. The molecule has 0 bridgehead atoms. The summed E-state index contributed by atoms with van der Waals surface area (Å²) in [5.41, 5.74) is 0. The van der Waals surface area contributed by atoms with Gasteiger partial charge in [-0.3, -0.25) is 0 Å².